The first-order chi connectivity index (χ1) is 7.09. The van der Waals surface area contributed by atoms with Crippen LogP contribution in [0.2, 0.25) is 5.02 Å². The molecular formula is C9H12ClIN2O2. The van der Waals surface area contributed by atoms with Gasteiger partial charge >= 0.3 is 5.97 Å². The van der Waals surface area contributed by atoms with Crippen molar-refractivity contribution in [2.24, 2.45) is 0 Å². The Morgan fingerprint density at radius 1 is 1.53 bits per heavy atom. The summed E-state index contributed by atoms with van der Waals surface area (Å²) in [5, 5.41) is 13.3. The van der Waals surface area contributed by atoms with Crippen LogP contribution in [0.5, 0.6) is 0 Å². The van der Waals surface area contributed by atoms with Crippen LogP contribution in [0.15, 0.2) is 6.20 Å². The molecule has 0 aliphatic rings. The van der Waals surface area contributed by atoms with E-state index in [0.717, 1.165) is 29.5 Å². The van der Waals surface area contributed by atoms with Gasteiger partial charge in [0.05, 0.1) is 5.02 Å². The zero-order valence-electron chi connectivity index (χ0n) is 8.12. The SMILES string of the molecule is O=C(O)CCCCCn1cc(Cl)c(I)n1. The zero-order chi connectivity index (χ0) is 11.3. The summed E-state index contributed by atoms with van der Waals surface area (Å²) >= 11 is 7.92. The highest BCUT2D eigenvalue weighted by Crippen LogP contribution is 2.16. The molecule has 6 heteroatoms. The van der Waals surface area contributed by atoms with E-state index in [1.165, 1.54) is 0 Å². The zero-order valence-corrected chi connectivity index (χ0v) is 11.0. The van der Waals surface area contributed by atoms with Gasteiger partial charge in [0.15, 0.2) is 0 Å². The third-order valence-electron chi connectivity index (χ3n) is 1.95. The van der Waals surface area contributed by atoms with Crippen LogP contribution in [-0.4, -0.2) is 20.9 Å². The molecule has 1 aromatic rings. The van der Waals surface area contributed by atoms with Gasteiger partial charge in [0.25, 0.3) is 0 Å². The first-order valence-corrected chi connectivity index (χ1v) is 6.15. The fraction of sp³-hybridized carbons (Fsp3) is 0.556. The summed E-state index contributed by atoms with van der Waals surface area (Å²) < 4.78 is 2.60. The van der Waals surface area contributed by atoms with E-state index in [1.54, 1.807) is 10.9 Å². The fourth-order valence-electron chi connectivity index (χ4n) is 1.21. The maximum Gasteiger partial charge on any atom is 0.303 e. The number of hydrogen-bond acceptors (Lipinski definition) is 2. The molecule has 0 aliphatic carbocycles. The quantitative estimate of drug-likeness (QED) is 0.639. The molecule has 0 amide bonds. The minimum absolute atomic E-state index is 0.247. The van der Waals surface area contributed by atoms with Crippen LogP contribution in [0.3, 0.4) is 0 Å². The van der Waals surface area contributed by atoms with Gasteiger partial charge in [-0.3, -0.25) is 9.48 Å². The molecule has 0 bridgehead atoms. The lowest BCUT2D eigenvalue weighted by Gasteiger charge is -1.99. The summed E-state index contributed by atoms with van der Waals surface area (Å²) in [6.45, 7) is 0.794. The lowest BCUT2D eigenvalue weighted by Crippen LogP contribution is -2.00. The van der Waals surface area contributed by atoms with Gasteiger partial charge in [0.1, 0.15) is 3.70 Å². The normalized spacial score (nSPS) is 10.5. The topological polar surface area (TPSA) is 55.1 Å². The van der Waals surface area contributed by atoms with Gasteiger partial charge in [0, 0.05) is 19.2 Å². The number of carbonyl (C=O) groups is 1. The van der Waals surface area contributed by atoms with Gasteiger partial charge in [-0.05, 0) is 35.4 Å². The monoisotopic (exact) mass is 342 g/mol. The first-order valence-electron chi connectivity index (χ1n) is 4.70. The maximum absolute atomic E-state index is 10.2. The van der Waals surface area contributed by atoms with E-state index in [2.05, 4.69) is 27.7 Å². The van der Waals surface area contributed by atoms with Crippen LogP contribution in [0.1, 0.15) is 25.7 Å². The Kier molecular flexibility index (Phi) is 5.38. The van der Waals surface area contributed by atoms with Gasteiger partial charge in [-0.2, -0.15) is 5.10 Å². The van der Waals surface area contributed by atoms with Crippen molar-refractivity contribution in [1.82, 2.24) is 9.78 Å². The molecule has 1 heterocycles. The van der Waals surface area contributed by atoms with E-state index in [9.17, 15) is 4.79 Å². The maximum atomic E-state index is 10.2. The molecule has 0 saturated carbocycles. The average Bonchev–Trinajstić information content (AvgIpc) is 2.45. The van der Waals surface area contributed by atoms with Crippen LogP contribution in [0.25, 0.3) is 0 Å². The fourth-order valence-corrected chi connectivity index (χ4v) is 1.78. The van der Waals surface area contributed by atoms with Crippen molar-refractivity contribution in [1.29, 1.82) is 0 Å². The molecule has 1 aromatic heterocycles. The van der Waals surface area contributed by atoms with E-state index in [0.29, 0.717) is 5.02 Å². The Balaban J connectivity index is 2.18. The summed E-state index contributed by atoms with van der Waals surface area (Å²) in [5.41, 5.74) is 0. The average molecular weight is 343 g/mol. The molecule has 0 unspecified atom stereocenters. The molecule has 15 heavy (non-hydrogen) atoms. The van der Waals surface area contributed by atoms with Crippen molar-refractivity contribution in [3.05, 3.63) is 14.9 Å². The molecule has 0 saturated heterocycles. The summed E-state index contributed by atoms with van der Waals surface area (Å²) in [6, 6.07) is 0. The van der Waals surface area contributed by atoms with E-state index < -0.39 is 5.97 Å². The molecule has 4 nitrogen and oxygen atoms in total. The standard InChI is InChI=1S/C9H12ClIN2O2/c10-7-6-13(12-9(7)11)5-3-1-2-4-8(14)15/h6H,1-5H2,(H,14,15). The molecular weight excluding hydrogens is 330 g/mol. The molecule has 0 spiro atoms. The van der Waals surface area contributed by atoms with Crippen LogP contribution in [0.4, 0.5) is 0 Å². The Bertz CT molecular complexity index is 321. The molecule has 1 rings (SSSR count). The van der Waals surface area contributed by atoms with Crippen LogP contribution >= 0.6 is 34.2 Å². The second-order valence-electron chi connectivity index (χ2n) is 3.24. The smallest absolute Gasteiger partial charge is 0.303 e. The molecule has 0 aliphatic heterocycles. The third kappa shape index (κ3) is 4.83. The van der Waals surface area contributed by atoms with Crippen molar-refractivity contribution in [2.45, 2.75) is 32.2 Å². The predicted octanol–water partition coefficient (Wildman–Crippen LogP) is 2.79. The molecule has 84 valence electrons. The van der Waals surface area contributed by atoms with Gasteiger partial charge in [-0.15, -0.1) is 0 Å². The number of aryl methyl sites for hydroxylation is 1. The molecule has 0 aromatic carbocycles. The third-order valence-corrected chi connectivity index (χ3v) is 3.35. The van der Waals surface area contributed by atoms with E-state index in [1.807, 2.05) is 0 Å². The Labute approximate surface area is 107 Å². The highest BCUT2D eigenvalue weighted by molar-refractivity contribution is 14.1. The largest absolute Gasteiger partial charge is 0.481 e. The highest BCUT2D eigenvalue weighted by Gasteiger charge is 2.02. The van der Waals surface area contributed by atoms with Crippen molar-refractivity contribution in [3.63, 3.8) is 0 Å². The minimum Gasteiger partial charge on any atom is -0.481 e. The highest BCUT2D eigenvalue weighted by atomic mass is 127. The van der Waals surface area contributed by atoms with Crippen molar-refractivity contribution in [3.8, 4) is 0 Å². The second kappa shape index (κ2) is 6.32. The number of rotatable bonds is 6. The molecule has 0 fully saturated rings. The lowest BCUT2D eigenvalue weighted by molar-refractivity contribution is -0.137. The number of aromatic nitrogens is 2. The molecule has 0 atom stereocenters. The second-order valence-corrected chi connectivity index (χ2v) is 4.66. The number of halogens is 2. The summed E-state index contributed by atoms with van der Waals surface area (Å²) in [7, 11) is 0. The van der Waals surface area contributed by atoms with Gasteiger partial charge in [0.2, 0.25) is 0 Å². The number of nitrogens with zero attached hydrogens (tertiary/aromatic N) is 2. The number of carboxylic acids is 1. The number of aliphatic carboxylic acids is 1. The molecule has 0 radical (unpaired) electrons. The Morgan fingerprint density at radius 2 is 2.27 bits per heavy atom. The van der Waals surface area contributed by atoms with E-state index in [4.69, 9.17) is 16.7 Å². The molecule has 1 N–H and O–H groups in total. The van der Waals surface area contributed by atoms with Gasteiger partial charge < -0.3 is 5.11 Å². The number of carboxylic acid groups (broad SMARTS) is 1. The van der Waals surface area contributed by atoms with E-state index in [-0.39, 0.29) is 6.42 Å². The number of unbranched alkanes of at least 4 members (excludes halogenated alkanes) is 2. The number of hydrogen-bond donors (Lipinski definition) is 1. The summed E-state index contributed by atoms with van der Waals surface area (Å²) in [6.07, 6.45) is 4.60. The summed E-state index contributed by atoms with van der Waals surface area (Å²) in [4.78, 5) is 10.2. The van der Waals surface area contributed by atoms with Gasteiger partial charge in [-0.25, -0.2) is 0 Å². The van der Waals surface area contributed by atoms with Crippen molar-refractivity contribution >= 4 is 40.2 Å². The van der Waals surface area contributed by atoms with Crippen LogP contribution in [0, 0.1) is 3.70 Å². The van der Waals surface area contributed by atoms with Crippen LogP contribution < -0.4 is 0 Å². The first kappa shape index (κ1) is 12.8. The van der Waals surface area contributed by atoms with Crippen molar-refractivity contribution < 1.29 is 9.90 Å². The Hall–Kier alpha value is -0.300. The minimum atomic E-state index is -0.730. The van der Waals surface area contributed by atoms with Crippen LogP contribution in [-0.2, 0) is 11.3 Å². The predicted molar refractivity (Wildman–Crippen MR) is 66.1 cm³/mol. The Morgan fingerprint density at radius 3 is 2.80 bits per heavy atom. The van der Waals surface area contributed by atoms with Gasteiger partial charge in [-0.1, -0.05) is 18.0 Å². The lowest BCUT2D eigenvalue weighted by atomic mass is 10.2. The van der Waals surface area contributed by atoms with E-state index >= 15 is 0 Å². The summed E-state index contributed by atoms with van der Waals surface area (Å²) in [5.74, 6) is -0.730. The van der Waals surface area contributed by atoms with Crippen molar-refractivity contribution in [2.75, 3.05) is 0 Å².